The van der Waals surface area contributed by atoms with Crippen molar-refractivity contribution in [1.29, 1.82) is 0 Å². The minimum atomic E-state index is -4.42. The number of amides is 1. The van der Waals surface area contributed by atoms with Crippen molar-refractivity contribution in [3.05, 3.63) is 65.9 Å². The van der Waals surface area contributed by atoms with Crippen LogP contribution in [0.2, 0.25) is 0 Å². The minimum Gasteiger partial charge on any atom is -0.351 e. The van der Waals surface area contributed by atoms with Crippen LogP contribution >= 0.6 is 11.8 Å². The molecule has 0 radical (unpaired) electrons. The molecule has 2 aromatic rings. The Bertz CT molecular complexity index is 757. The number of hydrogen-bond donors (Lipinski definition) is 1. The fourth-order valence-electron chi connectivity index (χ4n) is 2.04. The monoisotopic (exact) mass is 380 g/mol. The molecule has 0 atom stereocenters. The van der Waals surface area contributed by atoms with Crippen LogP contribution in [0.25, 0.3) is 6.08 Å². The zero-order valence-electron chi connectivity index (χ0n) is 14.4. The topological polar surface area (TPSA) is 42.0 Å². The predicted octanol–water partition coefficient (Wildman–Crippen LogP) is 4.80. The van der Waals surface area contributed by atoms with Crippen LogP contribution in [-0.2, 0) is 11.0 Å². The smallest absolute Gasteiger partial charge is 0.351 e. The van der Waals surface area contributed by atoms with Gasteiger partial charge in [0.05, 0.1) is 15.3 Å². The Balaban J connectivity index is 1.90. The van der Waals surface area contributed by atoms with Gasteiger partial charge < -0.3 is 5.32 Å². The van der Waals surface area contributed by atoms with Gasteiger partial charge in [0.2, 0.25) is 5.91 Å². The molecule has 0 saturated heterocycles. The van der Waals surface area contributed by atoms with Gasteiger partial charge in [-0.2, -0.15) is 13.2 Å². The molecule has 7 heteroatoms. The van der Waals surface area contributed by atoms with Crippen LogP contribution in [-0.4, -0.2) is 22.2 Å². The summed E-state index contributed by atoms with van der Waals surface area (Å²) in [7, 11) is 0. The summed E-state index contributed by atoms with van der Waals surface area (Å²) in [5.74, 6) is -0.220. The van der Waals surface area contributed by atoms with Gasteiger partial charge in [0.15, 0.2) is 0 Å². The molecular formula is C19H19F3N2OS. The summed E-state index contributed by atoms with van der Waals surface area (Å²) in [4.78, 5) is 16.1. The number of benzene rings is 1. The summed E-state index contributed by atoms with van der Waals surface area (Å²) in [6, 6.07) is 11.9. The zero-order chi connectivity index (χ0) is 19.2. The second kappa shape index (κ2) is 8.40. The molecule has 138 valence electrons. The summed E-state index contributed by atoms with van der Waals surface area (Å²) in [6.45, 7) is 3.76. The lowest BCUT2D eigenvalue weighted by Crippen LogP contribution is -2.39. The normalized spacial score (nSPS) is 12.3. The molecule has 26 heavy (non-hydrogen) atoms. The van der Waals surface area contributed by atoms with E-state index in [4.69, 9.17) is 0 Å². The van der Waals surface area contributed by atoms with Gasteiger partial charge in [0.25, 0.3) is 0 Å². The molecule has 1 heterocycles. The Kier molecular flexibility index (Phi) is 6.47. The van der Waals surface area contributed by atoms with Crippen molar-refractivity contribution in [2.75, 3.05) is 6.54 Å². The van der Waals surface area contributed by atoms with Crippen LogP contribution in [0, 0.1) is 0 Å². The SMILES string of the molecule is CC(C)(Sc1ccc(C(F)(F)F)cn1)C(=O)NC/C=C/c1ccccc1. The summed E-state index contributed by atoms with van der Waals surface area (Å²) >= 11 is 1.11. The van der Waals surface area contributed by atoms with Crippen LogP contribution < -0.4 is 5.32 Å². The van der Waals surface area contributed by atoms with Crippen molar-refractivity contribution in [1.82, 2.24) is 10.3 Å². The molecule has 1 amide bonds. The maximum atomic E-state index is 12.6. The predicted molar refractivity (Wildman–Crippen MR) is 97.7 cm³/mol. The second-order valence-corrected chi connectivity index (χ2v) is 7.66. The van der Waals surface area contributed by atoms with Crippen molar-refractivity contribution in [2.24, 2.45) is 0 Å². The van der Waals surface area contributed by atoms with E-state index in [1.807, 2.05) is 42.5 Å². The molecule has 0 bridgehead atoms. The highest BCUT2D eigenvalue weighted by Crippen LogP contribution is 2.34. The number of thioether (sulfide) groups is 1. The van der Waals surface area contributed by atoms with Crippen LogP contribution in [0.15, 0.2) is 59.8 Å². The first-order chi connectivity index (χ1) is 12.2. The number of carbonyl (C=O) groups is 1. The Morgan fingerprint density at radius 1 is 1.15 bits per heavy atom. The first-order valence-corrected chi connectivity index (χ1v) is 8.72. The Labute approximate surface area is 154 Å². The molecule has 1 aromatic carbocycles. The standard InChI is InChI=1S/C19H19F3N2OS/c1-18(2,26-16-11-10-15(13-24-16)19(20,21)22)17(25)23-12-6-9-14-7-4-3-5-8-14/h3-11,13H,12H2,1-2H3,(H,23,25)/b9-6+. The maximum Gasteiger partial charge on any atom is 0.417 e. The lowest BCUT2D eigenvalue weighted by atomic mass is 10.2. The van der Waals surface area contributed by atoms with E-state index in [0.29, 0.717) is 11.6 Å². The molecule has 1 N–H and O–H groups in total. The third-order valence-corrected chi connectivity index (χ3v) is 4.61. The number of nitrogens with one attached hydrogen (secondary N) is 1. The number of pyridine rings is 1. The molecule has 0 saturated carbocycles. The van der Waals surface area contributed by atoms with Crippen molar-refractivity contribution in [3.8, 4) is 0 Å². The summed E-state index contributed by atoms with van der Waals surface area (Å²) < 4.78 is 36.8. The van der Waals surface area contributed by atoms with E-state index >= 15 is 0 Å². The molecule has 0 unspecified atom stereocenters. The minimum absolute atomic E-state index is 0.220. The first kappa shape index (κ1) is 20.0. The van der Waals surface area contributed by atoms with Gasteiger partial charge in [-0.15, -0.1) is 0 Å². The summed E-state index contributed by atoms with van der Waals surface area (Å²) in [6.07, 6.45) is 0.0925. The molecule has 0 fully saturated rings. The quantitative estimate of drug-likeness (QED) is 0.732. The van der Waals surface area contributed by atoms with Gasteiger partial charge in [0, 0.05) is 12.7 Å². The molecule has 0 spiro atoms. The highest BCUT2D eigenvalue weighted by atomic mass is 32.2. The van der Waals surface area contributed by atoms with E-state index in [2.05, 4.69) is 10.3 Å². The first-order valence-electron chi connectivity index (χ1n) is 7.90. The van der Waals surface area contributed by atoms with Gasteiger partial charge in [-0.25, -0.2) is 4.98 Å². The van der Waals surface area contributed by atoms with E-state index in [0.717, 1.165) is 29.6 Å². The van der Waals surface area contributed by atoms with Gasteiger partial charge in [-0.1, -0.05) is 54.2 Å². The van der Waals surface area contributed by atoms with Crippen molar-refractivity contribution < 1.29 is 18.0 Å². The maximum absolute atomic E-state index is 12.6. The lowest BCUT2D eigenvalue weighted by molar-refractivity contribution is -0.137. The van der Waals surface area contributed by atoms with Crippen molar-refractivity contribution in [2.45, 2.75) is 29.8 Å². The van der Waals surface area contributed by atoms with Crippen LogP contribution in [0.1, 0.15) is 25.0 Å². The molecule has 0 aliphatic carbocycles. The number of halogens is 3. The zero-order valence-corrected chi connectivity index (χ0v) is 15.2. The van der Waals surface area contributed by atoms with E-state index < -0.39 is 16.5 Å². The van der Waals surface area contributed by atoms with E-state index in [1.165, 1.54) is 6.07 Å². The number of hydrogen-bond acceptors (Lipinski definition) is 3. The molecule has 0 aliphatic rings. The van der Waals surface area contributed by atoms with Crippen molar-refractivity contribution in [3.63, 3.8) is 0 Å². The fraction of sp³-hybridized carbons (Fsp3) is 0.263. The van der Waals surface area contributed by atoms with Gasteiger partial charge >= 0.3 is 6.18 Å². The number of rotatable bonds is 6. The Morgan fingerprint density at radius 3 is 2.42 bits per heavy atom. The highest BCUT2D eigenvalue weighted by Gasteiger charge is 2.32. The van der Waals surface area contributed by atoms with Crippen molar-refractivity contribution >= 4 is 23.7 Å². The number of carbonyl (C=O) groups excluding carboxylic acids is 1. The van der Waals surface area contributed by atoms with Crippen LogP contribution in [0.3, 0.4) is 0 Å². The van der Waals surface area contributed by atoms with Crippen LogP contribution in [0.5, 0.6) is 0 Å². The molecule has 0 aliphatic heterocycles. The Morgan fingerprint density at radius 2 is 1.85 bits per heavy atom. The Hall–Kier alpha value is -2.28. The molecule has 3 nitrogen and oxygen atoms in total. The third-order valence-electron chi connectivity index (χ3n) is 3.46. The van der Waals surface area contributed by atoms with Gasteiger partial charge in [-0.05, 0) is 31.5 Å². The highest BCUT2D eigenvalue weighted by molar-refractivity contribution is 8.01. The lowest BCUT2D eigenvalue weighted by Gasteiger charge is -2.22. The average Bonchev–Trinajstić information content (AvgIpc) is 2.58. The third kappa shape index (κ3) is 5.91. The molecular weight excluding hydrogens is 361 g/mol. The number of aromatic nitrogens is 1. The summed E-state index contributed by atoms with van der Waals surface area (Å²) in [5.41, 5.74) is 0.222. The summed E-state index contributed by atoms with van der Waals surface area (Å²) in [5, 5.41) is 3.15. The fourth-order valence-corrected chi connectivity index (χ4v) is 2.97. The number of alkyl halides is 3. The van der Waals surface area contributed by atoms with Crippen LogP contribution in [0.4, 0.5) is 13.2 Å². The van der Waals surface area contributed by atoms with Gasteiger partial charge in [-0.3, -0.25) is 4.79 Å². The molecule has 2 rings (SSSR count). The largest absolute Gasteiger partial charge is 0.417 e. The van der Waals surface area contributed by atoms with E-state index in [9.17, 15) is 18.0 Å². The average molecular weight is 380 g/mol. The van der Waals surface area contributed by atoms with E-state index in [-0.39, 0.29) is 5.91 Å². The second-order valence-electron chi connectivity index (χ2n) is 6.02. The van der Waals surface area contributed by atoms with E-state index in [1.54, 1.807) is 13.8 Å². The van der Waals surface area contributed by atoms with Gasteiger partial charge in [0.1, 0.15) is 0 Å². The number of nitrogens with zero attached hydrogens (tertiary/aromatic N) is 1. The molecule has 1 aromatic heterocycles.